The Morgan fingerprint density at radius 3 is 2.53 bits per heavy atom. The van der Waals surface area contributed by atoms with E-state index >= 15 is 0 Å². The highest BCUT2D eigenvalue weighted by molar-refractivity contribution is 6.37. The lowest BCUT2D eigenvalue weighted by molar-refractivity contribution is 0.0952. The van der Waals surface area contributed by atoms with Crippen LogP contribution >= 0.6 is 23.2 Å². The molecule has 0 bridgehead atoms. The van der Waals surface area contributed by atoms with Crippen LogP contribution in [0.3, 0.4) is 0 Å². The van der Waals surface area contributed by atoms with Gasteiger partial charge in [0, 0.05) is 5.56 Å². The van der Waals surface area contributed by atoms with Gasteiger partial charge in [-0.05, 0) is 31.5 Å². The third-order valence-electron chi connectivity index (χ3n) is 2.86. The zero-order chi connectivity index (χ0) is 12.4. The fraction of sp³-hybridized carbons (Fsp3) is 0.417. The topological polar surface area (TPSA) is 38.3 Å². The van der Waals surface area contributed by atoms with Crippen LogP contribution < -0.4 is 10.1 Å². The van der Waals surface area contributed by atoms with Crippen LogP contribution in [0.1, 0.15) is 23.2 Å². The number of halogens is 2. The molecule has 0 radical (unpaired) electrons. The van der Waals surface area contributed by atoms with Gasteiger partial charge in [-0.1, -0.05) is 23.2 Å². The van der Waals surface area contributed by atoms with E-state index in [0.717, 1.165) is 19.4 Å². The van der Waals surface area contributed by atoms with E-state index in [1.54, 1.807) is 12.1 Å². The normalized spacial score (nSPS) is 19.4. The van der Waals surface area contributed by atoms with Crippen molar-refractivity contribution in [2.75, 3.05) is 13.7 Å². The molecule has 0 aliphatic carbocycles. The van der Waals surface area contributed by atoms with Gasteiger partial charge in [0.05, 0.1) is 23.2 Å². The quantitative estimate of drug-likeness (QED) is 0.861. The summed E-state index contributed by atoms with van der Waals surface area (Å²) in [5, 5.41) is 3.88. The summed E-state index contributed by atoms with van der Waals surface area (Å²) in [7, 11) is 1.49. The Morgan fingerprint density at radius 1 is 1.41 bits per heavy atom. The van der Waals surface area contributed by atoms with Crippen LogP contribution in [0.4, 0.5) is 0 Å². The predicted octanol–water partition coefficient (Wildman–Crippen LogP) is 2.94. The minimum absolute atomic E-state index is 0.0361. The average molecular weight is 274 g/mol. The Labute approximate surface area is 110 Å². The summed E-state index contributed by atoms with van der Waals surface area (Å²) < 4.78 is 5.05. The number of ether oxygens (including phenoxy) is 1. The van der Waals surface area contributed by atoms with E-state index in [0.29, 0.717) is 21.4 Å². The Bertz CT molecular complexity index is 419. The van der Waals surface area contributed by atoms with Crippen LogP contribution in [0.2, 0.25) is 10.0 Å². The van der Waals surface area contributed by atoms with Gasteiger partial charge in [-0.2, -0.15) is 0 Å². The van der Waals surface area contributed by atoms with E-state index in [2.05, 4.69) is 5.32 Å². The van der Waals surface area contributed by atoms with Gasteiger partial charge in [-0.15, -0.1) is 0 Å². The van der Waals surface area contributed by atoms with Crippen LogP contribution in [0.15, 0.2) is 12.1 Å². The van der Waals surface area contributed by atoms with Crippen LogP contribution in [0, 0.1) is 0 Å². The van der Waals surface area contributed by atoms with E-state index in [-0.39, 0.29) is 11.8 Å². The maximum Gasteiger partial charge on any atom is 0.179 e. The van der Waals surface area contributed by atoms with Gasteiger partial charge >= 0.3 is 0 Å². The van der Waals surface area contributed by atoms with Crippen molar-refractivity contribution in [3.63, 3.8) is 0 Å². The Balaban J connectivity index is 2.30. The first kappa shape index (κ1) is 12.7. The molecule has 1 heterocycles. The maximum atomic E-state index is 12.1. The highest BCUT2D eigenvalue weighted by Crippen LogP contribution is 2.34. The van der Waals surface area contributed by atoms with Crippen molar-refractivity contribution in [1.82, 2.24) is 5.32 Å². The molecule has 17 heavy (non-hydrogen) atoms. The van der Waals surface area contributed by atoms with E-state index in [4.69, 9.17) is 27.9 Å². The molecule has 1 saturated heterocycles. The second-order valence-corrected chi connectivity index (χ2v) is 4.80. The molecule has 0 aromatic heterocycles. The number of benzene rings is 1. The van der Waals surface area contributed by atoms with E-state index in [9.17, 15) is 4.79 Å². The number of carbonyl (C=O) groups excluding carboxylic acids is 1. The van der Waals surface area contributed by atoms with Crippen LogP contribution in [-0.2, 0) is 0 Å². The molecular weight excluding hydrogens is 261 g/mol. The second-order valence-electron chi connectivity index (χ2n) is 3.99. The lowest BCUT2D eigenvalue weighted by atomic mass is 10.0. The molecular formula is C12H13Cl2NO2. The van der Waals surface area contributed by atoms with Gasteiger partial charge in [0.15, 0.2) is 11.5 Å². The molecule has 92 valence electrons. The minimum Gasteiger partial charge on any atom is -0.494 e. The summed E-state index contributed by atoms with van der Waals surface area (Å²) in [5.41, 5.74) is 0.528. The van der Waals surface area contributed by atoms with Crippen molar-refractivity contribution in [2.24, 2.45) is 0 Å². The Morgan fingerprint density at radius 2 is 2.06 bits per heavy atom. The number of rotatable bonds is 3. The van der Waals surface area contributed by atoms with Crippen LogP contribution in [0.25, 0.3) is 0 Å². The van der Waals surface area contributed by atoms with E-state index in [1.807, 2.05) is 0 Å². The lowest BCUT2D eigenvalue weighted by Gasteiger charge is -2.11. The monoisotopic (exact) mass is 273 g/mol. The molecule has 2 rings (SSSR count). The van der Waals surface area contributed by atoms with E-state index < -0.39 is 0 Å². The molecule has 1 aromatic rings. The molecule has 1 aliphatic rings. The highest BCUT2D eigenvalue weighted by atomic mass is 35.5. The second kappa shape index (κ2) is 5.25. The number of hydrogen-bond donors (Lipinski definition) is 1. The third kappa shape index (κ3) is 2.57. The highest BCUT2D eigenvalue weighted by Gasteiger charge is 2.24. The number of methoxy groups -OCH3 is 1. The van der Waals surface area contributed by atoms with Crippen LogP contribution in [-0.4, -0.2) is 25.5 Å². The molecule has 0 spiro atoms. The molecule has 1 N–H and O–H groups in total. The predicted molar refractivity (Wildman–Crippen MR) is 68.4 cm³/mol. The molecule has 5 heteroatoms. The zero-order valence-electron chi connectivity index (χ0n) is 9.43. The maximum absolute atomic E-state index is 12.1. The van der Waals surface area contributed by atoms with E-state index in [1.165, 1.54) is 7.11 Å². The number of carbonyl (C=O) groups is 1. The lowest BCUT2D eigenvalue weighted by Crippen LogP contribution is -2.30. The molecule has 0 saturated carbocycles. The first-order valence-electron chi connectivity index (χ1n) is 5.44. The average Bonchev–Trinajstić information content (AvgIpc) is 2.81. The van der Waals surface area contributed by atoms with Gasteiger partial charge in [-0.25, -0.2) is 0 Å². The molecule has 3 nitrogen and oxygen atoms in total. The molecule has 1 atom stereocenters. The number of Topliss-reactive ketones (excluding diaryl/α,β-unsaturated/α-hetero) is 1. The van der Waals surface area contributed by atoms with Gasteiger partial charge in [0.2, 0.25) is 0 Å². The van der Waals surface area contributed by atoms with Crippen LogP contribution in [0.5, 0.6) is 5.75 Å². The van der Waals surface area contributed by atoms with Crippen molar-refractivity contribution in [2.45, 2.75) is 18.9 Å². The Hall–Kier alpha value is -0.770. The van der Waals surface area contributed by atoms with Gasteiger partial charge in [-0.3, -0.25) is 4.79 Å². The number of nitrogens with one attached hydrogen (secondary N) is 1. The third-order valence-corrected chi connectivity index (χ3v) is 3.43. The van der Waals surface area contributed by atoms with Crippen molar-refractivity contribution >= 4 is 29.0 Å². The fourth-order valence-corrected chi connectivity index (χ4v) is 2.65. The van der Waals surface area contributed by atoms with Gasteiger partial charge in [0.25, 0.3) is 0 Å². The zero-order valence-corrected chi connectivity index (χ0v) is 10.9. The summed E-state index contributed by atoms with van der Waals surface area (Å²) >= 11 is 12.0. The first-order valence-corrected chi connectivity index (χ1v) is 6.19. The summed E-state index contributed by atoms with van der Waals surface area (Å²) in [6.07, 6.45) is 1.88. The SMILES string of the molecule is COc1c(Cl)cc(C(=O)C2CCCN2)cc1Cl. The summed E-state index contributed by atoms with van der Waals surface area (Å²) in [4.78, 5) is 12.1. The van der Waals surface area contributed by atoms with Gasteiger partial charge < -0.3 is 10.1 Å². The molecule has 1 unspecified atom stereocenters. The molecule has 1 fully saturated rings. The van der Waals surface area contributed by atoms with Crippen molar-refractivity contribution in [1.29, 1.82) is 0 Å². The molecule has 0 amide bonds. The van der Waals surface area contributed by atoms with Gasteiger partial charge in [0.1, 0.15) is 0 Å². The van der Waals surface area contributed by atoms with Crippen molar-refractivity contribution in [3.05, 3.63) is 27.7 Å². The number of ketones is 1. The fourth-order valence-electron chi connectivity index (χ4n) is 2.01. The summed E-state index contributed by atoms with van der Waals surface area (Å²) in [6.45, 7) is 0.883. The molecule has 1 aromatic carbocycles. The first-order chi connectivity index (χ1) is 8.13. The largest absolute Gasteiger partial charge is 0.494 e. The minimum atomic E-state index is -0.115. The van der Waals surface area contributed by atoms with Crippen molar-refractivity contribution < 1.29 is 9.53 Å². The summed E-state index contributed by atoms with van der Waals surface area (Å²) in [6, 6.07) is 3.10. The summed E-state index contributed by atoms with van der Waals surface area (Å²) in [5.74, 6) is 0.443. The van der Waals surface area contributed by atoms with Crippen molar-refractivity contribution in [3.8, 4) is 5.75 Å². The smallest absolute Gasteiger partial charge is 0.179 e. The Kier molecular flexibility index (Phi) is 3.92. The molecule has 1 aliphatic heterocycles. The standard InChI is InChI=1S/C12H13Cl2NO2/c1-17-12-8(13)5-7(6-9(12)14)11(16)10-3-2-4-15-10/h5-6,10,15H,2-4H2,1H3. The number of hydrogen-bond acceptors (Lipinski definition) is 3.